The molecule has 0 radical (unpaired) electrons. The van der Waals surface area contributed by atoms with E-state index in [9.17, 15) is 18.0 Å². The minimum Gasteiger partial charge on any atom is -0.465 e. The highest BCUT2D eigenvalue weighted by atomic mass is 79.9. The van der Waals surface area contributed by atoms with Crippen LogP contribution >= 0.6 is 38.6 Å². The van der Waals surface area contributed by atoms with Gasteiger partial charge in [-0.05, 0) is 87.9 Å². The van der Waals surface area contributed by atoms with E-state index in [2.05, 4.69) is 20.8 Å². The van der Waals surface area contributed by atoms with Crippen LogP contribution in [0.3, 0.4) is 0 Å². The summed E-state index contributed by atoms with van der Waals surface area (Å²) in [5.74, 6) is 0.0888. The average molecular weight is 745 g/mol. The van der Waals surface area contributed by atoms with Gasteiger partial charge in [-0.1, -0.05) is 44.2 Å². The zero-order valence-corrected chi connectivity index (χ0v) is 30.1. The minimum absolute atomic E-state index is 0.0148. The molecule has 2 aliphatic rings. The second-order valence-corrected chi connectivity index (χ2v) is 16.6. The molecule has 2 aromatic heterocycles. The van der Waals surface area contributed by atoms with Gasteiger partial charge in [-0.15, -0.1) is 22.7 Å². The number of para-hydroxylation sites is 2. The third kappa shape index (κ3) is 6.58. The second kappa shape index (κ2) is 14.0. The highest BCUT2D eigenvalue weighted by Crippen LogP contribution is 2.38. The van der Waals surface area contributed by atoms with Gasteiger partial charge in [0.05, 0.1) is 23.4 Å². The molecule has 8 nitrogen and oxygen atoms in total. The minimum atomic E-state index is -3.97. The number of ether oxygens (including phenoxy) is 1. The predicted molar refractivity (Wildman–Crippen MR) is 190 cm³/mol. The molecule has 0 N–H and O–H groups in total. The topological polar surface area (TPSA) is 87.2 Å². The van der Waals surface area contributed by atoms with Crippen molar-refractivity contribution in [1.29, 1.82) is 0 Å². The molecular formula is C34H38BrN3O5S3. The maximum absolute atomic E-state index is 14.7. The fourth-order valence-electron chi connectivity index (χ4n) is 6.60. The number of piperazine rings is 1. The maximum Gasteiger partial charge on any atom is 0.348 e. The number of aryl methyl sites for hydroxylation is 1. The second-order valence-electron chi connectivity index (χ2n) is 11.9. The Balaban J connectivity index is 1.32. The largest absolute Gasteiger partial charge is 0.465 e. The highest BCUT2D eigenvalue weighted by Gasteiger charge is 2.32. The van der Waals surface area contributed by atoms with E-state index in [0.29, 0.717) is 54.1 Å². The fourth-order valence-corrected chi connectivity index (χ4v) is 10.7. The van der Waals surface area contributed by atoms with Crippen LogP contribution < -0.4 is 9.21 Å². The molecule has 1 aliphatic heterocycles. The Bertz CT molecular complexity index is 1840. The Morgan fingerprint density at radius 2 is 1.74 bits per heavy atom. The first-order chi connectivity index (χ1) is 22.2. The van der Waals surface area contributed by atoms with E-state index >= 15 is 0 Å². The standard InChI is InChI=1S/C34H38BrN3O5S3/c1-23-26-22-25(12-13-30(26)45-31(23)34(40)43-2)46(41,42)38(16-14-24-8-4-3-5-9-24)29-11-7-6-10-28(29)36-17-19-37(20-18-36)33(39)32-27(35)15-21-44-32/h6-7,10-13,15,21-22,24H,3-5,8-9,14,16-20H2,1-2H3. The average Bonchev–Trinajstić information content (AvgIpc) is 3.67. The molecule has 0 atom stereocenters. The first-order valence-corrected chi connectivity index (χ1v) is 19.6. The molecule has 0 bridgehead atoms. The number of carbonyl (C=O) groups excluding carboxylic acids is 2. The van der Waals surface area contributed by atoms with Crippen molar-refractivity contribution in [2.45, 2.75) is 50.3 Å². The van der Waals surface area contributed by atoms with Gasteiger partial charge in [0, 0.05) is 41.9 Å². The number of methoxy groups -OCH3 is 1. The summed E-state index contributed by atoms with van der Waals surface area (Å²) in [5.41, 5.74) is 2.22. The van der Waals surface area contributed by atoms with E-state index in [1.165, 1.54) is 49.0 Å². The maximum atomic E-state index is 14.7. The molecule has 244 valence electrons. The number of fused-ring (bicyclic) bond motifs is 1. The van der Waals surface area contributed by atoms with Crippen LogP contribution in [0, 0.1) is 12.8 Å². The summed E-state index contributed by atoms with van der Waals surface area (Å²) in [6.45, 7) is 4.49. The molecule has 3 heterocycles. The molecular weight excluding hydrogens is 706 g/mol. The van der Waals surface area contributed by atoms with Crippen LogP contribution in [0.5, 0.6) is 0 Å². The lowest BCUT2D eigenvalue weighted by atomic mass is 9.87. The quantitative estimate of drug-likeness (QED) is 0.162. The van der Waals surface area contributed by atoms with Crippen molar-refractivity contribution >= 4 is 82.0 Å². The number of benzene rings is 2. The number of esters is 1. The van der Waals surface area contributed by atoms with Crippen LogP contribution in [0.15, 0.2) is 63.3 Å². The van der Waals surface area contributed by atoms with Crippen LogP contribution in [0.25, 0.3) is 10.1 Å². The lowest BCUT2D eigenvalue weighted by Gasteiger charge is -2.38. The Labute approximate surface area is 287 Å². The number of hydrogen-bond acceptors (Lipinski definition) is 8. The van der Waals surface area contributed by atoms with E-state index in [-0.39, 0.29) is 10.8 Å². The third-order valence-corrected chi connectivity index (χ3v) is 14.1. The molecule has 0 spiro atoms. The summed E-state index contributed by atoms with van der Waals surface area (Å²) in [4.78, 5) is 31.0. The Morgan fingerprint density at radius 1 is 1.00 bits per heavy atom. The fraction of sp³-hybridized carbons (Fsp3) is 0.412. The lowest BCUT2D eigenvalue weighted by Crippen LogP contribution is -2.49. The number of sulfonamides is 1. The number of carbonyl (C=O) groups is 2. The monoisotopic (exact) mass is 743 g/mol. The molecule has 1 saturated heterocycles. The zero-order valence-electron chi connectivity index (χ0n) is 26.0. The number of anilines is 2. The number of nitrogens with zero attached hydrogens (tertiary/aromatic N) is 3. The summed E-state index contributed by atoms with van der Waals surface area (Å²) in [6, 6.07) is 14.8. The summed E-state index contributed by atoms with van der Waals surface area (Å²) in [5, 5.41) is 2.65. The van der Waals surface area contributed by atoms with Crippen LogP contribution in [0.2, 0.25) is 0 Å². The highest BCUT2D eigenvalue weighted by molar-refractivity contribution is 9.10. The van der Waals surface area contributed by atoms with Gasteiger partial charge in [0.1, 0.15) is 9.75 Å². The van der Waals surface area contributed by atoms with Gasteiger partial charge in [0.15, 0.2) is 0 Å². The van der Waals surface area contributed by atoms with Crippen LogP contribution in [-0.4, -0.2) is 65.0 Å². The van der Waals surface area contributed by atoms with E-state index in [1.54, 1.807) is 22.5 Å². The first-order valence-electron chi connectivity index (χ1n) is 15.7. The normalized spacial score (nSPS) is 16.2. The molecule has 46 heavy (non-hydrogen) atoms. The van der Waals surface area contributed by atoms with Gasteiger partial charge < -0.3 is 14.5 Å². The SMILES string of the molecule is COC(=O)c1sc2ccc(S(=O)(=O)N(CCC3CCCCC3)c3ccccc3N3CCN(C(=O)c4sccc4Br)CC3)cc2c1C. The Hall–Kier alpha value is -2.93. The molecule has 1 saturated carbocycles. The number of hydrogen-bond donors (Lipinski definition) is 0. The predicted octanol–water partition coefficient (Wildman–Crippen LogP) is 7.95. The molecule has 1 amide bonds. The summed E-state index contributed by atoms with van der Waals surface area (Å²) in [6.07, 6.45) is 6.67. The van der Waals surface area contributed by atoms with Crippen molar-refractivity contribution in [2.24, 2.45) is 5.92 Å². The van der Waals surface area contributed by atoms with Crippen molar-refractivity contribution in [1.82, 2.24) is 4.90 Å². The van der Waals surface area contributed by atoms with Crippen molar-refractivity contribution in [3.05, 3.63) is 73.7 Å². The number of amides is 1. The third-order valence-electron chi connectivity index (χ3n) is 9.20. The smallest absolute Gasteiger partial charge is 0.348 e. The molecule has 0 unspecified atom stereocenters. The van der Waals surface area contributed by atoms with Crippen LogP contribution in [0.4, 0.5) is 11.4 Å². The summed E-state index contributed by atoms with van der Waals surface area (Å²) >= 11 is 6.23. The van der Waals surface area contributed by atoms with E-state index in [4.69, 9.17) is 4.74 Å². The summed E-state index contributed by atoms with van der Waals surface area (Å²) < 4.78 is 37.5. The van der Waals surface area contributed by atoms with Crippen molar-refractivity contribution < 1.29 is 22.7 Å². The molecule has 1 aliphatic carbocycles. The van der Waals surface area contributed by atoms with Gasteiger partial charge in [-0.2, -0.15) is 0 Å². The van der Waals surface area contributed by atoms with Crippen LogP contribution in [0.1, 0.15) is 63.4 Å². The zero-order chi connectivity index (χ0) is 32.4. The molecule has 2 aromatic carbocycles. The van der Waals surface area contributed by atoms with Crippen molar-refractivity contribution in [2.75, 3.05) is 49.0 Å². The van der Waals surface area contributed by atoms with Gasteiger partial charge in [-0.3, -0.25) is 9.10 Å². The number of thiophene rings is 2. The van der Waals surface area contributed by atoms with Gasteiger partial charge >= 0.3 is 5.97 Å². The number of halogens is 1. The van der Waals surface area contributed by atoms with Crippen LogP contribution in [-0.2, 0) is 14.8 Å². The molecule has 2 fully saturated rings. The first kappa shape index (κ1) is 33.0. The van der Waals surface area contributed by atoms with Gasteiger partial charge in [0.25, 0.3) is 15.9 Å². The Morgan fingerprint density at radius 3 is 2.43 bits per heavy atom. The van der Waals surface area contributed by atoms with Gasteiger partial charge in [-0.25, -0.2) is 13.2 Å². The molecule has 4 aromatic rings. The number of rotatable bonds is 9. The van der Waals surface area contributed by atoms with E-state index in [1.807, 2.05) is 47.5 Å². The van der Waals surface area contributed by atoms with Crippen molar-refractivity contribution in [3.63, 3.8) is 0 Å². The summed E-state index contributed by atoms with van der Waals surface area (Å²) in [7, 11) is -2.62. The Kier molecular flexibility index (Phi) is 10.1. The van der Waals surface area contributed by atoms with E-state index in [0.717, 1.165) is 45.1 Å². The lowest BCUT2D eigenvalue weighted by molar-refractivity contribution is 0.0605. The van der Waals surface area contributed by atoms with Gasteiger partial charge in [0.2, 0.25) is 0 Å². The van der Waals surface area contributed by atoms with Crippen molar-refractivity contribution in [3.8, 4) is 0 Å². The van der Waals surface area contributed by atoms with E-state index < -0.39 is 16.0 Å². The molecule has 6 rings (SSSR count). The molecule has 12 heteroatoms.